The third-order valence-electron chi connectivity index (χ3n) is 5.30. The van der Waals surface area contributed by atoms with Crippen LogP contribution in [0.4, 0.5) is 5.69 Å². The molecule has 0 saturated carbocycles. The zero-order valence-electron chi connectivity index (χ0n) is 16.2. The van der Waals surface area contributed by atoms with Crippen molar-refractivity contribution in [2.45, 2.75) is 32.7 Å². The van der Waals surface area contributed by atoms with Gasteiger partial charge in [-0.15, -0.1) is 11.3 Å². The van der Waals surface area contributed by atoms with Crippen LogP contribution in [0.1, 0.15) is 34.9 Å². The molecule has 144 valence electrons. The van der Waals surface area contributed by atoms with Gasteiger partial charge < -0.3 is 15.1 Å². The van der Waals surface area contributed by atoms with Crippen LogP contribution in [0.3, 0.4) is 0 Å². The molecule has 1 aliphatic heterocycles. The minimum absolute atomic E-state index is 0.0186. The summed E-state index contributed by atoms with van der Waals surface area (Å²) in [6, 6.07) is 10.6. The number of hydrogen-bond acceptors (Lipinski definition) is 3. The fraction of sp³-hybridized carbons (Fsp3) is 0.429. The van der Waals surface area contributed by atoms with Crippen LogP contribution in [0.15, 0.2) is 35.7 Å². The number of thiophene rings is 1. The highest BCUT2D eigenvalue weighted by atomic mass is 32.1. The molecule has 5 nitrogen and oxygen atoms in total. The largest absolute Gasteiger partial charge is 0.332 e. The first-order valence-corrected chi connectivity index (χ1v) is 10.3. The molecule has 2 aromatic rings. The first-order valence-electron chi connectivity index (χ1n) is 9.43. The van der Waals surface area contributed by atoms with Gasteiger partial charge in [0.15, 0.2) is 6.54 Å². The molecule has 2 amide bonds. The maximum atomic E-state index is 12.7. The van der Waals surface area contributed by atoms with Gasteiger partial charge in [0.2, 0.25) is 5.91 Å². The Morgan fingerprint density at radius 3 is 2.63 bits per heavy atom. The second kappa shape index (κ2) is 8.67. The summed E-state index contributed by atoms with van der Waals surface area (Å²) in [5, 5.41) is 5.05. The topological polar surface area (TPSA) is 53.9 Å². The maximum Gasteiger partial charge on any atom is 0.277 e. The van der Waals surface area contributed by atoms with Crippen LogP contribution in [0, 0.1) is 13.8 Å². The second-order valence-electron chi connectivity index (χ2n) is 7.36. The Morgan fingerprint density at radius 1 is 1.22 bits per heavy atom. The van der Waals surface area contributed by atoms with Gasteiger partial charge in [-0.2, -0.15) is 0 Å². The van der Waals surface area contributed by atoms with E-state index >= 15 is 0 Å². The molecule has 2 atom stereocenters. The molecule has 2 heterocycles. The summed E-state index contributed by atoms with van der Waals surface area (Å²) in [4.78, 5) is 29.3. The van der Waals surface area contributed by atoms with Crippen molar-refractivity contribution in [3.63, 3.8) is 0 Å². The van der Waals surface area contributed by atoms with Gasteiger partial charge in [-0.05, 0) is 36.4 Å². The first-order chi connectivity index (χ1) is 13.0. The van der Waals surface area contributed by atoms with E-state index < -0.39 is 0 Å². The summed E-state index contributed by atoms with van der Waals surface area (Å²) in [5.74, 6) is -0.139. The summed E-state index contributed by atoms with van der Waals surface area (Å²) in [6.45, 7) is 5.47. The lowest BCUT2D eigenvalue weighted by Gasteiger charge is -2.23. The number of hydrogen-bond donors (Lipinski definition) is 2. The summed E-state index contributed by atoms with van der Waals surface area (Å²) >= 11 is 1.76. The van der Waals surface area contributed by atoms with Crippen molar-refractivity contribution in [1.29, 1.82) is 0 Å². The predicted molar refractivity (Wildman–Crippen MR) is 109 cm³/mol. The standard InChI is InChI=1S/C21H27N3O2S/c1-15-7-4-8-16(2)21(15)22-19(25)13-23(3)20(26)14-24-11-5-9-17(24)18-10-6-12-27-18/h4,6-8,10,12,17H,5,9,11,13-14H2,1-3H3,(H,22,25)/p+1/t17-/m0/s1. The van der Waals surface area contributed by atoms with Crippen molar-refractivity contribution in [2.24, 2.45) is 0 Å². The number of likely N-dealkylation sites (N-methyl/N-ethyl adjacent to an activating group) is 1. The molecule has 2 N–H and O–H groups in total. The molecule has 1 aliphatic rings. The molecule has 3 rings (SSSR count). The van der Waals surface area contributed by atoms with Gasteiger partial charge in [-0.3, -0.25) is 9.59 Å². The van der Waals surface area contributed by atoms with Gasteiger partial charge in [-0.25, -0.2) is 0 Å². The molecular weight excluding hydrogens is 358 g/mol. The van der Waals surface area contributed by atoms with Crippen LogP contribution in [0.2, 0.25) is 0 Å². The van der Waals surface area contributed by atoms with E-state index in [1.165, 1.54) is 9.78 Å². The number of likely N-dealkylation sites (tertiary alicyclic amines) is 1. The molecule has 0 aliphatic carbocycles. The molecule has 27 heavy (non-hydrogen) atoms. The Hall–Kier alpha value is -2.18. The number of carbonyl (C=O) groups excluding carboxylic acids is 2. The molecular formula is C21H28N3O2S+. The van der Waals surface area contributed by atoms with Crippen LogP contribution in [-0.2, 0) is 9.59 Å². The highest BCUT2D eigenvalue weighted by Crippen LogP contribution is 2.23. The number of nitrogens with zero attached hydrogens (tertiary/aromatic N) is 1. The minimum Gasteiger partial charge on any atom is -0.332 e. The number of carbonyl (C=O) groups is 2. The molecule has 0 radical (unpaired) electrons. The molecule has 0 spiro atoms. The van der Waals surface area contributed by atoms with E-state index in [2.05, 4.69) is 22.8 Å². The van der Waals surface area contributed by atoms with Gasteiger partial charge in [0.1, 0.15) is 6.04 Å². The normalized spacial score (nSPS) is 19.1. The first kappa shape index (κ1) is 19.6. The van der Waals surface area contributed by atoms with Crippen LogP contribution < -0.4 is 10.2 Å². The van der Waals surface area contributed by atoms with E-state index in [-0.39, 0.29) is 18.4 Å². The van der Waals surface area contributed by atoms with Gasteiger partial charge >= 0.3 is 0 Å². The highest BCUT2D eigenvalue weighted by molar-refractivity contribution is 7.10. The Balaban J connectivity index is 1.55. The number of aryl methyl sites for hydroxylation is 2. The second-order valence-corrected chi connectivity index (χ2v) is 8.34. The van der Waals surface area contributed by atoms with Gasteiger partial charge in [-0.1, -0.05) is 24.3 Å². The Kier molecular flexibility index (Phi) is 6.29. The van der Waals surface area contributed by atoms with Crippen LogP contribution in [-0.4, -0.2) is 43.4 Å². The average molecular weight is 387 g/mol. The number of amides is 2. The Morgan fingerprint density at radius 2 is 1.96 bits per heavy atom. The summed E-state index contributed by atoms with van der Waals surface area (Å²) in [7, 11) is 1.71. The third kappa shape index (κ3) is 4.76. The number of benzene rings is 1. The average Bonchev–Trinajstić information content (AvgIpc) is 3.29. The molecule has 1 saturated heterocycles. The molecule has 1 aromatic carbocycles. The number of quaternary nitrogens is 1. The Bertz CT molecular complexity index is 784. The fourth-order valence-electron chi connectivity index (χ4n) is 3.78. The predicted octanol–water partition coefficient (Wildman–Crippen LogP) is 2.18. The van der Waals surface area contributed by atoms with Crippen molar-refractivity contribution >= 4 is 28.8 Å². The number of nitrogens with one attached hydrogen (secondary N) is 2. The fourth-order valence-corrected chi connectivity index (χ4v) is 4.70. The van der Waals surface area contributed by atoms with Crippen molar-refractivity contribution in [2.75, 3.05) is 32.0 Å². The zero-order valence-corrected chi connectivity index (χ0v) is 17.1. The van der Waals surface area contributed by atoms with E-state index in [4.69, 9.17) is 0 Å². The molecule has 1 aromatic heterocycles. The number of rotatable bonds is 6. The van der Waals surface area contributed by atoms with Gasteiger partial charge in [0.05, 0.1) is 18.0 Å². The van der Waals surface area contributed by atoms with Crippen molar-refractivity contribution in [1.82, 2.24) is 4.90 Å². The van der Waals surface area contributed by atoms with Crippen molar-refractivity contribution in [3.05, 3.63) is 51.7 Å². The van der Waals surface area contributed by atoms with E-state index in [1.807, 2.05) is 32.0 Å². The minimum atomic E-state index is -0.158. The lowest BCUT2D eigenvalue weighted by Crippen LogP contribution is -3.11. The highest BCUT2D eigenvalue weighted by Gasteiger charge is 2.33. The Labute approximate surface area is 165 Å². The van der Waals surface area contributed by atoms with Gasteiger partial charge in [0.25, 0.3) is 5.91 Å². The van der Waals surface area contributed by atoms with Crippen LogP contribution >= 0.6 is 11.3 Å². The third-order valence-corrected chi connectivity index (χ3v) is 6.29. The van der Waals surface area contributed by atoms with Gasteiger partial charge in [0, 0.05) is 25.6 Å². The summed E-state index contributed by atoms with van der Waals surface area (Å²) in [6.07, 6.45) is 2.27. The number of anilines is 1. The van der Waals surface area contributed by atoms with E-state index in [0.29, 0.717) is 12.6 Å². The van der Waals surface area contributed by atoms with Crippen LogP contribution in [0.5, 0.6) is 0 Å². The summed E-state index contributed by atoms with van der Waals surface area (Å²) < 4.78 is 0. The molecule has 6 heteroatoms. The molecule has 1 fully saturated rings. The summed E-state index contributed by atoms with van der Waals surface area (Å²) in [5.41, 5.74) is 2.89. The number of para-hydroxylation sites is 1. The molecule has 1 unspecified atom stereocenters. The van der Waals surface area contributed by atoms with E-state index in [1.54, 1.807) is 23.3 Å². The monoisotopic (exact) mass is 386 g/mol. The van der Waals surface area contributed by atoms with Crippen molar-refractivity contribution in [3.8, 4) is 0 Å². The molecule has 0 bridgehead atoms. The maximum absolute atomic E-state index is 12.7. The van der Waals surface area contributed by atoms with E-state index in [9.17, 15) is 9.59 Å². The van der Waals surface area contributed by atoms with Crippen LogP contribution in [0.25, 0.3) is 0 Å². The lowest BCUT2D eigenvalue weighted by molar-refractivity contribution is -0.910. The van der Waals surface area contributed by atoms with E-state index in [0.717, 1.165) is 36.2 Å². The zero-order chi connectivity index (χ0) is 19.4. The quantitative estimate of drug-likeness (QED) is 0.800. The SMILES string of the molecule is Cc1cccc(C)c1NC(=O)CN(C)C(=O)C[NH+]1CCC[C@H]1c1cccs1. The lowest BCUT2D eigenvalue weighted by atomic mass is 10.1. The smallest absolute Gasteiger partial charge is 0.277 e. The van der Waals surface area contributed by atoms with Crippen molar-refractivity contribution < 1.29 is 14.5 Å².